The number of rotatable bonds is 13. The molecule has 4 aliphatic rings. The van der Waals surface area contributed by atoms with Gasteiger partial charge in [0.05, 0.1) is 91.8 Å². The number of nitrogens with one attached hydrogen (secondary N) is 2. The average Bonchev–Trinajstić information content (AvgIpc) is 1.70. The number of nitrogens with two attached hydrogens (primary N) is 1. The van der Waals surface area contributed by atoms with Crippen LogP contribution in [0.4, 0.5) is 58.7 Å². The zero-order valence-corrected chi connectivity index (χ0v) is 56.1. The third-order valence-corrected chi connectivity index (χ3v) is 17.7. The Morgan fingerprint density at radius 1 is 0.479 bits per heavy atom. The molecule has 19 nitrogen and oxygen atoms in total. The summed E-state index contributed by atoms with van der Waals surface area (Å²) in [6, 6.07) is 37.6. The third kappa shape index (κ3) is 16.4. The van der Waals surface area contributed by atoms with E-state index in [0.29, 0.717) is 48.1 Å². The molecule has 9 heterocycles. The smallest absolute Gasteiger partial charge is 0.158 e. The lowest BCUT2D eigenvalue weighted by molar-refractivity contribution is 0.311. The summed E-state index contributed by atoms with van der Waals surface area (Å²) in [6.45, 7) is 18.8. The third-order valence-electron chi connectivity index (χ3n) is 17.3. The van der Waals surface area contributed by atoms with E-state index >= 15 is 0 Å². The van der Waals surface area contributed by atoms with Gasteiger partial charge in [0.15, 0.2) is 11.3 Å². The molecule has 5 aromatic carbocycles. The van der Waals surface area contributed by atoms with Gasteiger partial charge >= 0.3 is 0 Å². The topological polar surface area (TPSA) is 175 Å². The second kappa shape index (κ2) is 30.2. The van der Waals surface area contributed by atoms with E-state index in [0.717, 1.165) is 168 Å². The van der Waals surface area contributed by atoms with Crippen LogP contribution in [0, 0.1) is 31.3 Å². The number of hydrogen-bond acceptors (Lipinski definition) is 17. The van der Waals surface area contributed by atoms with Gasteiger partial charge in [-0.2, -0.15) is 10.2 Å². The van der Waals surface area contributed by atoms with Crippen LogP contribution in [0.1, 0.15) is 40.7 Å². The van der Waals surface area contributed by atoms with E-state index in [1.165, 1.54) is 11.6 Å². The summed E-state index contributed by atoms with van der Waals surface area (Å²) in [5.41, 5.74) is 20.0. The van der Waals surface area contributed by atoms with E-state index in [4.69, 9.17) is 15.2 Å². The number of halogens is 4. The summed E-state index contributed by atoms with van der Waals surface area (Å²) in [6.07, 6.45) is 5.34. The number of methoxy groups -OCH3 is 2. The van der Waals surface area contributed by atoms with Gasteiger partial charge in [-0.1, -0.05) is 24.3 Å². The molecule has 0 bridgehead atoms. The number of aliphatic imine (C=N–C) groups is 1. The van der Waals surface area contributed by atoms with E-state index in [9.17, 15) is 13.2 Å². The molecular formula is C71H81BrF3N17O2. The molecule has 0 amide bonds. The molecular weight excluding hydrogens is 1260 g/mol. The minimum absolute atomic E-state index is 0.193. The molecule has 94 heavy (non-hydrogen) atoms. The van der Waals surface area contributed by atoms with E-state index in [1.807, 2.05) is 115 Å². The number of pyridine rings is 3. The van der Waals surface area contributed by atoms with Crippen molar-refractivity contribution in [2.24, 2.45) is 4.99 Å². The average molecular weight is 1340 g/mol. The number of nitrogen functional groups attached to an aromatic ring is 1. The standard InChI is InChI=1S/C26H29FN6O.C19H22FN5.C15H14BrN3O.C11H16FN3/c1-18-23-14-21(16-28-26(23)33(30-18)17-19-4-7-22(34-3)8-5-19)29-20-6-9-25(24(27)15-20)32-12-10-31(2)11-13-32;1-13-16-9-15(11-22-18(16)12-21-13)23-14-3-4-19(17(20)10-14)25-7-5-24(2)6-8-25;1-10-14-7-12(16)8-17-15(14)19(18-10)9-11-3-5-13(20-2)6-4-11;1-14-4-6-15(7-5-14)11-3-2-9(13)8-10(11)12/h4-9,14-16,29H,10-13,17H2,1-3H3;3-4,9-11,23H,5-8,12H2,1-2H3;3-8H,9H2,1-2H3;2-3,8H,4-7,13H2,1H3. The molecule has 0 unspecified atom stereocenters. The minimum Gasteiger partial charge on any atom is -0.497 e. The Morgan fingerprint density at radius 2 is 0.894 bits per heavy atom. The number of nitrogens with zero attached hydrogens (tertiary/aromatic N) is 14. The van der Waals surface area contributed by atoms with Gasteiger partial charge in [0.25, 0.3) is 0 Å². The summed E-state index contributed by atoms with van der Waals surface area (Å²) < 4.78 is 58.3. The number of anilines is 8. The maximum absolute atomic E-state index is 14.9. The fraction of sp³-hybridized carbons (Fsp3) is 0.324. The fourth-order valence-corrected chi connectivity index (χ4v) is 12.0. The van der Waals surface area contributed by atoms with E-state index in [1.54, 1.807) is 57.1 Å². The SMILES string of the molecule is CC1=NCc2ncc(Nc3ccc(N4CCN(C)CC4)c(F)c3)cc21.CN1CCN(c2ccc(N)cc2F)CC1.COc1ccc(Cn2nc(C)c3cc(Br)cnc32)cc1.COc1ccc(Cn2nc(C)c3cc(Nc4ccc(N5CCN(C)CC5)c(F)c4)cnc32)cc1. The number of aryl methyl sites for hydroxylation is 2. The van der Waals surface area contributed by atoms with Gasteiger partial charge < -0.3 is 55.2 Å². The highest BCUT2D eigenvalue weighted by molar-refractivity contribution is 9.10. The van der Waals surface area contributed by atoms with E-state index in [-0.39, 0.29) is 17.5 Å². The maximum atomic E-state index is 14.9. The molecule has 3 saturated heterocycles. The fourth-order valence-electron chi connectivity index (χ4n) is 11.7. The first-order valence-electron chi connectivity index (χ1n) is 31.5. The number of fused-ring (bicyclic) bond motifs is 3. The number of benzene rings is 5. The number of hydrogen-bond donors (Lipinski definition) is 3. The van der Waals surface area contributed by atoms with Gasteiger partial charge in [-0.25, -0.2) is 32.5 Å². The molecule has 5 aromatic heterocycles. The van der Waals surface area contributed by atoms with Gasteiger partial charge in [0.1, 0.15) is 29.0 Å². The van der Waals surface area contributed by atoms with Gasteiger partial charge in [0, 0.05) is 128 Å². The van der Waals surface area contributed by atoms with Crippen LogP contribution in [-0.2, 0) is 19.6 Å². The first-order chi connectivity index (χ1) is 45.4. The number of aromatic nitrogens is 7. The summed E-state index contributed by atoms with van der Waals surface area (Å²) in [5, 5.41) is 17.8. The molecule has 4 aliphatic heterocycles. The van der Waals surface area contributed by atoms with Crippen LogP contribution in [0.15, 0.2) is 149 Å². The lowest BCUT2D eigenvalue weighted by Gasteiger charge is -2.34. The monoisotopic (exact) mass is 1340 g/mol. The van der Waals surface area contributed by atoms with Crippen LogP contribution in [0.3, 0.4) is 0 Å². The van der Waals surface area contributed by atoms with Crippen LogP contribution in [0.25, 0.3) is 22.1 Å². The molecule has 4 N–H and O–H groups in total. The summed E-state index contributed by atoms with van der Waals surface area (Å²) in [7, 11) is 9.59. The van der Waals surface area contributed by atoms with Crippen LogP contribution in [-0.4, -0.2) is 169 Å². The van der Waals surface area contributed by atoms with Crippen molar-refractivity contribution in [2.45, 2.75) is 40.4 Å². The number of ether oxygens (including phenoxy) is 2. The molecule has 0 atom stereocenters. The van der Waals surface area contributed by atoms with Crippen LogP contribution in [0.2, 0.25) is 0 Å². The van der Waals surface area contributed by atoms with Crippen LogP contribution >= 0.6 is 15.9 Å². The Bertz CT molecular complexity index is 4260. The van der Waals surface area contributed by atoms with Crippen molar-refractivity contribution in [1.82, 2.24) is 49.2 Å². The second-order valence-electron chi connectivity index (χ2n) is 24.1. The first-order valence-corrected chi connectivity index (χ1v) is 32.3. The minimum atomic E-state index is -0.223. The predicted molar refractivity (Wildman–Crippen MR) is 376 cm³/mol. The van der Waals surface area contributed by atoms with Crippen LogP contribution < -0.4 is 40.5 Å². The van der Waals surface area contributed by atoms with Crippen molar-refractivity contribution in [2.75, 3.05) is 145 Å². The molecule has 10 aromatic rings. The molecule has 23 heteroatoms. The molecule has 14 rings (SSSR count). The second-order valence-corrected chi connectivity index (χ2v) is 25.0. The molecule has 0 radical (unpaired) electrons. The van der Waals surface area contributed by atoms with E-state index in [2.05, 4.69) is 113 Å². The van der Waals surface area contributed by atoms with Crippen molar-refractivity contribution < 1.29 is 22.6 Å². The Hall–Kier alpha value is -9.29. The zero-order chi connectivity index (χ0) is 66.0. The predicted octanol–water partition coefficient (Wildman–Crippen LogP) is 12.2. The highest BCUT2D eigenvalue weighted by Gasteiger charge is 2.22. The van der Waals surface area contributed by atoms with Crippen molar-refractivity contribution in [3.8, 4) is 11.5 Å². The normalized spacial score (nSPS) is 15.1. The zero-order valence-electron chi connectivity index (χ0n) is 54.6. The highest BCUT2D eigenvalue weighted by atomic mass is 79.9. The van der Waals surface area contributed by atoms with E-state index < -0.39 is 0 Å². The molecule has 0 saturated carbocycles. The maximum Gasteiger partial charge on any atom is 0.158 e. The summed E-state index contributed by atoms with van der Waals surface area (Å²) in [5.74, 6) is 1.05. The summed E-state index contributed by atoms with van der Waals surface area (Å²) in [4.78, 5) is 31.0. The Labute approximate surface area is 555 Å². The lowest BCUT2D eigenvalue weighted by Crippen LogP contribution is -2.44. The first kappa shape index (κ1) is 66.2. The molecule has 0 aliphatic carbocycles. The van der Waals surface area contributed by atoms with Gasteiger partial charge in [-0.15, -0.1) is 0 Å². The molecule has 0 spiro atoms. The highest BCUT2D eigenvalue weighted by Crippen LogP contribution is 2.31. The van der Waals surface area contributed by atoms with Crippen LogP contribution in [0.5, 0.6) is 11.5 Å². The van der Waals surface area contributed by atoms with Crippen molar-refractivity contribution in [3.63, 3.8) is 0 Å². The Kier molecular flexibility index (Phi) is 21.3. The number of likely N-dealkylation sites (N-methyl/N-ethyl adjacent to an activating group) is 3. The number of piperazine rings is 3. The van der Waals surface area contributed by atoms with Gasteiger partial charge in [-0.3, -0.25) is 9.98 Å². The van der Waals surface area contributed by atoms with Crippen molar-refractivity contribution in [3.05, 3.63) is 196 Å². The lowest BCUT2D eigenvalue weighted by atomic mass is 10.1. The van der Waals surface area contributed by atoms with Crippen molar-refractivity contribution in [1.29, 1.82) is 0 Å². The van der Waals surface area contributed by atoms with Gasteiger partial charge in [0.2, 0.25) is 0 Å². The van der Waals surface area contributed by atoms with Crippen molar-refractivity contribution >= 4 is 89.2 Å². The molecule has 3 fully saturated rings. The summed E-state index contributed by atoms with van der Waals surface area (Å²) >= 11 is 3.45. The Balaban J connectivity index is 0.000000133. The van der Waals surface area contributed by atoms with Gasteiger partial charge in [-0.05, 0) is 166 Å². The Morgan fingerprint density at radius 3 is 1.34 bits per heavy atom. The quantitative estimate of drug-likeness (QED) is 0.0929. The molecule has 490 valence electrons. The largest absolute Gasteiger partial charge is 0.497 e.